The van der Waals surface area contributed by atoms with Crippen LogP contribution >= 0.6 is 0 Å². The molecule has 7 heteroatoms. The highest BCUT2D eigenvalue weighted by molar-refractivity contribution is 5.75. The van der Waals surface area contributed by atoms with Gasteiger partial charge in [0.15, 0.2) is 0 Å². The molecule has 0 rings (SSSR count). The lowest BCUT2D eigenvalue weighted by atomic mass is 10.1. The summed E-state index contributed by atoms with van der Waals surface area (Å²) in [7, 11) is 0. The molecule has 0 aliphatic rings. The molecule has 0 heterocycles. The summed E-state index contributed by atoms with van der Waals surface area (Å²) in [5.74, 6) is -2.34. The lowest BCUT2D eigenvalue weighted by molar-refractivity contribution is -0.144. The van der Waals surface area contributed by atoms with Gasteiger partial charge >= 0.3 is 11.9 Å². The van der Waals surface area contributed by atoms with Gasteiger partial charge in [-0.25, -0.2) is 0 Å². The van der Waals surface area contributed by atoms with E-state index < -0.39 is 18.0 Å². The number of carbonyl (C=O) groups is 2. The minimum absolute atomic E-state index is 0.131. The highest BCUT2D eigenvalue weighted by Crippen LogP contribution is 2.07. The normalized spacial score (nSPS) is 11.4. The lowest BCUT2D eigenvalue weighted by Crippen LogP contribution is -2.42. The Labute approximate surface area is 92.1 Å². The van der Waals surface area contributed by atoms with Gasteiger partial charge < -0.3 is 10.2 Å². The van der Waals surface area contributed by atoms with E-state index in [0.717, 1.165) is 4.90 Å². The van der Waals surface area contributed by atoms with E-state index in [-0.39, 0.29) is 25.9 Å². The van der Waals surface area contributed by atoms with Crippen LogP contribution in [0.3, 0.4) is 0 Å². The minimum Gasteiger partial charge on any atom is -0.481 e. The molecule has 0 amide bonds. The molecule has 0 aliphatic carbocycles. The molecule has 7 nitrogen and oxygen atoms in total. The maximum Gasteiger partial charge on any atom is 0.320 e. The number of nitrogens with zero attached hydrogens (tertiary/aromatic N) is 3. The zero-order valence-corrected chi connectivity index (χ0v) is 8.46. The summed E-state index contributed by atoms with van der Waals surface area (Å²) < 4.78 is 0. The van der Waals surface area contributed by atoms with Crippen LogP contribution in [-0.4, -0.2) is 46.2 Å². The van der Waals surface area contributed by atoms with E-state index in [1.165, 1.54) is 0 Å². The van der Waals surface area contributed by atoms with Crippen molar-refractivity contribution in [2.24, 2.45) is 0 Å². The van der Waals surface area contributed by atoms with Gasteiger partial charge in [-0.3, -0.25) is 14.5 Å². The van der Waals surface area contributed by atoms with E-state index in [4.69, 9.17) is 20.7 Å². The lowest BCUT2D eigenvalue weighted by Gasteiger charge is -2.22. The molecule has 0 aromatic carbocycles. The van der Waals surface area contributed by atoms with Crippen LogP contribution in [0.2, 0.25) is 0 Å². The smallest absolute Gasteiger partial charge is 0.320 e. The average molecular weight is 225 g/mol. The first-order valence-electron chi connectivity index (χ1n) is 4.45. The molecule has 0 aromatic heterocycles. The molecule has 1 unspecified atom stereocenters. The van der Waals surface area contributed by atoms with Crippen molar-refractivity contribution in [3.05, 3.63) is 0 Å². The Morgan fingerprint density at radius 3 is 2.00 bits per heavy atom. The minimum atomic E-state index is -1.23. The van der Waals surface area contributed by atoms with Crippen molar-refractivity contribution in [1.29, 1.82) is 10.5 Å². The van der Waals surface area contributed by atoms with E-state index in [1.54, 1.807) is 12.1 Å². The van der Waals surface area contributed by atoms with Crippen LogP contribution in [0.4, 0.5) is 0 Å². The molecule has 0 aromatic rings. The number of hydrogen-bond acceptors (Lipinski definition) is 5. The fourth-order valence-electron chi connectivity index (χ4n) is 1.18. The number of hydrogen-bond donors (Lipinski definition) is 2. The van der Waals surface area contributed by atoms with E-state index in [1.807, 2.05) is 0 Å². The predicted octanol–water partition coefficient (Wildman–Crippen LogP) is -0.346. The van der Waals surface area contributed by atoms with Crippen molar-refractivity contribution in [2.45, 2.75) is 18.9 Å². The van der Waals surface area contributed by atoms with Crippen molar-refractivity contribution in [3.8, 4) is 12.1 Å². The number of rotatable bonds is 7. The maximum atomic E-state index is 10.8. The van der Waals surface area contributed by atoms with E-state index >= 15 is 0 Å². The van der Waals surface area contributed by atoms with E-state index in [9.17, 15) is 9.59 Å². The summed E-state index contributed by atoms with van der Waals surface area (Å²) in [4.78, 5) is 22.3. The van der Waals surface area contributed by atoms with Gasteiger partial charge in [-0.2, -0.15) is 10.5 Å². The fraction of sp³-hybridized carbons (Fsp3) is 0.556. The van der Waals surface area contributed by atoms with Crippen LogP contribution in [0, 0.1) is 22.7 Å². The molecule has 86 valence electrons. The Hall–Kier alpha value is -2.12. The number of carboxylic acids is 2. The average Bonchev–Trinajstić information content (AvgIpc) is 2.17. The van der Waals surface area contributed by atoms with Gasteiger partial charge in [0, 0.05) is 6.42 Å². The predicted molar refractivity (Wildman–Crippen MR) is 51.1 cm³/mol. The van der Waals surface area contributed by atoms with Gasteiger partial charge in [-0.15, -0.1) is 0 Å². The second-order valence-corrected chi connectivity index (χ2v) is 3.01. The Kier molecular flexibility index (Phi) is 6.25. The van der Waals surface area contributed by atoms with Crippen LogP contribution in [0.5, 0.6) is 0 Å². The van der Waals surface area contributed by atoms with Crippen LogP contribution in [0.1, 0.15) is 12.8 Å². The quantitative estimate of drug-likeness (QED) is 0.567. The van der Waals surface area contributed by atoms with Crippen molar-refractivity contribution in [3.63, 3.8) is 0 Å². The zero-order valence-electron chi connectivity index (χ0n) is 8.46. The van der Waals surface area contributed by atoms with Gasteiger partial charge in [-0.05, 0) is 6.42 Å². The van der Waals surface area contributed by atoms with Crippen molar-refractivity contribution in [1.82, 2.24) is 4.90 Å². The molecule has 0 saturated carbocycles. The summed E-state index contributed by atoms with van der Waals surface area (Å²) in [5, 5.41) is 34.2. The molecular weight excluding hydrogens is 214 g/mol. The molecule has 1 atom stereocenters. The molecule has 0 spiro atoms. The Balaban J connectivity index is 4.59. The number of nitriles is 2. The first-order valence-corrected chi connectivity index (χ1v) is 4.45. The van der Waals surface area contributed by atoms with Crippen molar-refractivity contribution >= 4 is 11.9 Å². The third-order valence-electron chi connectivity index (χ3n) is 1.91. The van der Waals surface area contributed by atoms with Gasteiger partial charge in [0.1, 0.15) is 6.04 Å². The first-order chi connectivity index (χ1) is 7.52. The van der Waals surface area contributed by atoms with E-state index in [2.05, 4.69) is 0 Å². The largest absolute Gasteiger partial charge is 0.481 e. The van der Waals surface area contributed by atoms with Crippen molar-refractivity contribution < 1.29 is 19.8 Å². The zero-order chi connectivity index (χ0) is 12.6. The SMILES string of the molecule is N#CCN(CC#N)C(CCC(=O)O)C(=O)O. The molecule has 2 N–H and O–H groups in total. The van der Waals surface area contributed by atoms with E-state index in [0.29, 0.717) is 0 Å². The third kappa shape index (κ3) is 4.94. The number of aliphatic carboxylic acids is 2. The number of carboxylic acid groups (broad SMARTS) is 2. The molecule has 0 aliphatic heterocycles. The summed E-state index contributed by atoms with van der Waals surface area (Å²) in [6.45, 7) is -0.436. The second kappa shape index (κ2) is 7.21. The van der Waals surface area contributed by atoms with Crippen molar-refractivity contribution in [2.75, 3.05) is 13.1 Å². The Morgan fingerprint density at radius 1 is 1.19 bits per heavy atom. The standard InChI is InChI=1S/C9H11N3O4/c10-3-5-12(6-4-11)7(9(15)16)1-2-8(13)14/h7H,1-2,5-6H2,(H,13,14)(H,15,16). The topological polar surface area (TPSA) is 125 Å². The fourth-order valence-corrected chi connectivity index (χ4v) is 1.18. The van der Waals surface area contributed by atoms with Gasteiger partial charge in [0.25, 0.3) is 0 Å². The van der Waals surface area contributed by atoms with Gasteiger partial charge in [-0.1, -0.05) is 0 Å². The summed E-state index contributed by atoms with van der Waals surface area (Å²) in [6.07, 6.45) is -0.446. The Bertz CT molecular complexity index is 326. The molecule has 0 saturated heterocycles. The molecule has 16 heavy (non-hydrogen) atoms. The first kappa shape index (κ1) is 13.9. The maximum absolute atomic E-state index is 10.8. The summed E-state index contributed by atoms with van der Waals surface area (Å²) in [5.41, 5.74) is 0. The molecule has 0 fully saturated rings. The monoisotopic (exact) mass is 225 g/mol. The molecular formula is C9H11N3O4. The molecule has 0 bridgehead atoms. The van der Waals surface area contributed by atoms with Crippen LogP contribution in [0.25, 0.3) is 0 Å². The summed E-state index contributed by atoms with van der Waals surface area (Å²) >= 11 is 0. The molecule has 0 radical (unpaired) electrons. The highest BCUT2D eigenvalue weighted by atomic mass is 16.4. The van der Waals surface area contributed by atoms with Crippen LogP contribution < -0.4 is 0 Å². The van der Waals surface area contributed by atoms with Gasteiger partial charge in [0.2, 0.25) is 0 Å². The Morgan fingerprint density at radius 2 is 1.69 bits per heavy atom. The second-order valence-electron chi connectivity index (χ2n) is 3.01. The van der Waals surface area contributed by atoms with Crippen LogP contribution in [0.15, 0.2) is 0 Å². The third-order valence-corrected chi connectivity index (χ3v) is 1.91. The van der Waals surface area contributed by atoms with Crippen LogP contribution in [-0.2, 0) is 9.59 Å². The van der Waals surface area contributed by atoms with Gasteiger partial charge in [0.05, 0.1) is 25.2 Å². The summed E-state index contributed by atoms with van der Waals surface area (Å²) in [6, 6.07) is 2.36. The highest BCUT2D eigenvalue weighted by Gasteiger charge is 2.25.